The Balaban J connectivity index is 2.17. The van der Waals surface area contributed by atoms with Crippen molar-refractivity contribution in [2.45, 2.75) is 38.6 Å². The first-order valence-corrected chi connectivity index (χ1v) is 6.78. The topological polar surface area (TPSA) is 46.3 Å². The molecule has 1 amide bonds. The maximum atomic E-state index is 12.1. The van der Waals surface area contributed by atoms with Crippen molar-refractivity contribution in [2.24, 2.45) is 5.73 Å². The summed E-state index contributed by atoms with van der Waals surface area (Å²) in [5.41, 5.74) is 8.01. The standard InChI is InChI=1S/C15H22N2O/c1-12-5-7-13(8-6-12)14-4-2-3-11-17(14)15(18)9-10-16/h5-8,14H,2-4,9-11,16H2,1H3. The molecule has 0 aliphatic carbocycles. The van der Waals surface area contributed by atoms with Gasteiger partial charge in [0.2, 0.25) is 5.91 Å². The van der Waals surface area contributed by atoms with Crippen LogP contribution in [0.15, 0.2) is 24.3 Å². The molecule has 0 radical (unpaired) electrons. The molecule has 1 unspecified atom stereocenters. The highest BCUT2D eigenvalue weighted by molar-refractivity contribution is 5.77. The highest BCUT2D eigenvalue weighted by atomic mass is 16.2. The summed E-state index contributed by atoms with van der Waals surface area (Å²) in [6.07, 6.45) is 3.84. The van der Waals surface area contributed by atoms with E-state index < -0.39 is 0 Å². The SMILES string of the molecule is Cc1ccc(C2CCCCN2C(=O)CCN)cc1. The molecule has 98 valence electrons. The van der Waals surface area contributed by atoms with Crippen molar-refractivity contribution in [3.05, 3.63) is 35.4 Å². The van der Waals surface area contributed by atoms with E-state index in [9.17, 15) is 4.79 Å². The van der Waals surface area contributed by atoms with Gasteiger partial charge < -0.3 is 10.6 Å². The molecule has 1 aromatic rings. The van der Waals surface area contributed by atoms with Crippen LogP contribution in [0.1, 0.15) is 42.9 Å². The Kier molecular flexibility index (Phi) is 4.37. The van der Waals surface area contributed by atoms with Crippen LogP contribution in [0.4, 0.5) is 0 Å². The van der Waals surface area contributed by atoms with Gasteiger partial charge in [-0.05, 0) is 31.7 Å². The van der Waals surface area contributed by atoms with Gasteiger partial charge in [0.1, 0.15) is 0 Å². The fourth-order valence-electron chi connectivity index (χ4n) is 2.63. The van der Waals surface area contributed by atoms with Crippen molar-refractivity contribution in [1.29, 1.82) is 0 Å². The number of aryl methyl sites for hydroxylation is 1. The molecule has 1 atom stereocenters. The molecule has 0 spiro atoms. The van der Waals surface area contributed by atoms with Crippen molar-refractivity contribution >= 4 is 5.91 Å². The van der Waals surface area contributed by atoms with Crippen molar-refractivity contribution in [1.82, 2.24) is 4.90 Å². The molecule has 1 aromatic carbocycles. The molecule has 2 N–H and O–H groups in total. The lowest BCUT2D eigenvalue weighted by molar-refractivity contribution is -0.134. The molecule has 0 aromatic heterocycles. The Morgan fingerprint density at radius 2 is 2.06 bits per heavy atom. The third-order valence-corrected chi connectivity index (χ3v) is 3.64. The van der Waals surface area contributed by atoms with E-state index in [0.29, 0.717) is 13.0 Å². The third kappa shape index (κ3) is 2.91. The van der Waals surface area contributed by atoms with Gasteiger partial charge in [0.15, 0.2) is 0 Å². The van der Waals surface area contributed by atoms with Gasteiger partial charge in [-0.1, -0.05) is 29.8 Å². The Morgan fingerprint density at radius 3 is 2.72 bits per heavy atom. The summed E-state index contributed by atoms with van der Waals surface area (Å²) in [6.45, 7) is 3.40. The average molecular weight is 246 g/mol. The molecule has 1 heterocycles. The maximum Gasteiger partial charge on any atom is 0.224 e. The van der Waals surface area contributed by atoms with Gasteiger partial charge in [-0.2, -0.15) is 0 Å². The van der Waals surface area contributed by atoms with Crippen molar-refractivity contribution in [3.63, 3.8) is 0 Å². The number of hydrogen-bond donors (Lipinski definition) is 1. The molecular formula is C15H22N2O. The van der Waals surface area contributed by atoms with Crippen LogP contribution < -0.4 is 5.73 Å². The number of piperidine rings is 1. The van der Waals surface area contributed by atoms with Crippen LogP contribution in [-0.4, -0.2) is 23.9 Å². The number of benzene rings is 1. The first kappa shape index (κ1) is 13.1. The summed E-state index contributed by atoms with van der Waals surface area (Å²) in [7, 11) is 0. The molecule has 1 saturated heterocycles. The third-order valence-electron chi connectivity index (χ3n) is 3.64. The van der Waals surface area contributed by atoms with Gasteiger partial charge in [-0.15, -0.1) is 0 Å². The minimum Gasteiger partial charge on any atom is -0.336 e. The fraction of sp³-hybridized carbons (Fsp3) is 0.533. The molecular weight excluding hydrogens is 224 g/mol. The number of amides is 1. The highest BCUT2D eigenvalue weighted by Crippen LogP contribution is 2.31. The minimum atomic E-state index is 0.197. The summed E-state index contributed by atoms with van der Waals surface area (Å²) < 4.78 is 0. The van der Waals surface area contributed by atoms with E-state index in [1.165, 1.54) is 17.5 Å². The highest BCUT2D eigenvalue weighted by Gasteiger charge is 2.27. The molecule has 18 heavy (non-hydrogen) atoms. The van der Waals surface area contributed by atoms with E-state index >= 15 is 0 Å². The summed E-state index contributed by atoms with van der Waals surface area (Å²) >= 11 is 0. The predicted molar refractivity (Wildman–Crippen MR) is 73.2 cm³/mol. The first-order valence-electron chi connectivity index (χ1n) is 6.78. The number of nitrogens with zero attached hydrogens (tertiary/aromatic N) is 1. The Morgan fingerprint density at radius 1 is 1.33 bits per heavy atom. The lowest BCUT2D eigenvalue weighted by Gasteiger charge is -2.36. The molecule has 1 fully saturated rings. The summed E-state index contributed by atoms with van der Waals surface area (Å²) in [6, 6.07) is 8.78. The monoisotopic (exact) mass is 246 g/mol. The van der Waals surface area contributed by atoms with Crippen molar-refractivity contribution in [3.8, 4) is 0 Å². The van der Waals surface area contributed by atoms with Crippen LogP contribution in [0.2, 0.25) is 0 Å². The number of hydrogen-bond acceptors (Lipinski definition) is 2. The van der Waals surface area contributed by atoms with Crippen molar-refractivity contribution < 1.29 is 4.79 Å². The van der Waals surface area contributed by atoms with Gasteiger partial charge in [-0.25, -0.2) is 0 Å². The van der Waals surface area contributed by atoms with E-state index in [1.807, 2.05) is 4.90 Å². The predicted octanol–water partition coefficient (Wildman–Crippen LogP) is 2.40. The van der Waals surface area contributed by atoms with E-state index in [1.54, 1.807) is 0 Å². The Hall–Kier alpha value is -1.35. The number of nitrogens with two attached hydrogens (primary N) is 1. The van der Waals surface area contributed by atoms with E-state index in [-0.39, 0.29) is 11.9 Å². The van der Waals surface area contributed by atoms with Crippen molar-refractivity contribution in [2.75, 3.05) is 13.1 Å². The quantitative estimate of drug-likeness (QED) is 0.890. The normalized spacial score (nSPS) is 19.9. The van der Waals surface area contributed by atoms with Gasteiger partial charge in [0.25, 0.3) is 0 Å². The molecule has 0 saturated carbocycles. The smallest absolute Gasteiger partial charge is 0.224 e. The van der Waals surface area contributed by atoms with Gasteiger partial charge in [0, 0.05) is 19.5 Å². The van der Waals surface area contributed by atoms with E-state index in [0.717, 1.165) is 19.4 Å². The lowest BCUT2D eigenvalue weighted by atomic mass is 9.94. The van der Waals surface area contributed by atoms with Crippen LogP contribution >= 0.6 is 0 Å². The number of carbonyl (C=O) groups is 1. The molecule has 1 aliphatic rings. The largest absolute Gasteiger partial charge is 0.336 e. The summed E-state index contributed by atoms with van der Waals surface area (Å²) in [4.78, 5) is 14.1. The van der Waals surface area contributed by atoms with Crippen LogP contribution in [0.5, 0.6) is 0 Å². The summed E-state index contributed by atoms with van der Waals surface area (Å²) in [5, 5.41) is 0. The van der Waals surface area contributed by atoms with E-state index in [4.69, 9.17) is 5.73 Å². The van der Waals surface area contributed by atoms with E-state index in [2.05, 4.69) is 31.2 Å². The van der Waals surface area contributed by atoms with Crippen LogP contribution in [-0.2, 0) is 4.79 Å². The minimum absolute atomic E-state index is 0.197. The Bertz CT molecular complexity index is 399. The first-order chi connectivity index (χ1) is 8.72. The zero-order valence-corrected chi connectivity index (χ0v) is 11.1. The second-order valence-electron chi connectivity index (χ2n) is 5.05. The lowest BCUT2D eigenvalue weighted by Crippen LogP contribution is -2.39. The zero-order chi connectivity index (χ0) is 13.0. The van der Waals surface area contributed by atoms with Gasteiger partial charge >= 0.3 is 0 Å². The molecule has 3 nitrogen and oxygen atoms in total. The fourth-order valence-corrected chi connectivity index (χ4v) is 2.63. The number of rotatable bonds is 3. The number of likely N-dealkylation sites (tertiary alicyclic amines) is 1. The summed E-state index contributed by atoms with van der Waals surface area (Å²) in [5.74, 6) is 0.197. The number of carbonyl (C=O) groups excluding carboxylic acids is 1. The molecule has 3 heteroatoms. The second-order valence-corrected chi connectivity index (χ2v) is 5.05. The van der Waals surface area contributed by atoms with Crippen LogP contribution in [0.3, 0.4) is 0 Å². The van der Waals surface area contributed by atoms with Crippen LogP contribution in [0, 0.1) is 6.92 Å². The van der Waals surface area contributed by atoms with Crippen LogP contribution in [0.25, 0.3) is 0 Å². The second kappa shape index (κ2) is 6.01. The molecule has 0 bridgehead atoms. The van der Waals surface area contributed by atoms with Gasteiger partial charge in [0.05, 0.1) is 6.04 Å². The Labute approximate surface area is 109 Å². The molecule has 1 aliphatic heterocycles. The average Bonchev–Trinajstić information content (AvgIpc) is 2.40. The zero-order valence-electron chi connectivity index (χ0n) is 11.1. The maximum absolute atomic E-state index is 12.1. The van der Waals surface area contributed by atoms with Gasteiger partial charge in [-0.3, -0.25) is 4.79 Å². The molecule has 2 rings (SSSR count).